The molecule has 0 bridgehead atoms. The highest BCUT2D eigenvalue weighted by Crippen LogP contribution is 2.24. The van der Waals surface area contributed by atoms with E-state index >= 15 is 0 Å². The fraction of sp³-hybridized carbons (Fsp3) is 0.529. The molecule has 0 saturated carbocycles. The molecule has 1 aliphatic rings. The average Bonchev–Trinajstić information content (AvgIpc) is 2.94. The molecule has 2 atom stereocenters. The first-order valence-electron chi connectivity index (χ1n) is 7.31. The van der Waals surface area contributed by atoms with Crippen LogP contribution in [0, 0.1) is 17.8 Å². The van der Waals surface area contributed by atoms with Crippen molar-refractivity contribution in [3.8, 4) is 17.6 Å². The molecule has 1 aromatic carbocycles. The fourth-order valence-corrected chi connectivity index (χ4v) is 2.73. The zero-order valence-corrected chi connectivity index (χ0v) is 12.7. The molecule has 0 spiro atoms. The van der Waals surface area contributed by atoms with Gasteiger partial charge in [0.2, 0.25) is 0 Å². The van der Waals surface area contributed by atoms with Crippen LogP contribution in [0.15, 0.2) is 18.2 Å². The van der Waals surface area contributed by atoms with Gasteiger partial charge in [0.05, 0.1) is 13.2 Å². The summed E-state index contributed by atoms with van der Waals surface area (Å²) in [6, 6.07) is 5.81. The lowest BCUT2D eigenvalue weighted by molar-refractivity contribution is 0.127. The Hall–Kier alpha value is -1.54. The van der Waals surface area contributed by atoms with Gasteiger partial charge in [-0.05, 0) is 49.6 Å². The zero-order valence-electron chi connectivity index (χ0n) is 12.7. The molecule has 114 valence electrons. The number of benzene rings is 1. The molecule has 0 aromatic heterocycles. The molecule has 1 aromatic rings. The smallest absolute Gasteiger partial charge is 0.119 e. The van der Waals surface area contributed by atoms with Crippen LogP contribution in [-0.2, 0) is 6.54 Å². The van der Waals surface area contributed by atoms with Gasteiger partial charge in [0.1, 0.15) is 12.4 Å². The molecule has 4 heteroatoms. The summed E-state index contributed by atoms with van der Waals surface area (Å²) in [5.41, 5.74) is 2.02. The largest absolute Gasteiger partial charge is 0.497 e. The number of aliphatic hydroxyl groups excluding tert-OH is 2. The van der Waals surface area contributed by atoms with Gasteiger partial charge in [0.25, 0.3) is 0 Å². The summed E-state index contributed by atoms with van der Waals surface area (Å²) in [5.74, 6) is 6.85. The summed E-state index contributed by atoms with van der Waals surface area (Å²) in [5, 5.41) is 18.6. The molecule has 1 aliphatic heterocycles. The summed E-state index contributed by atoms with van der Waals surface area (Å²) in [6.45, 7) is 4.40. The lowest BCUT2D eigenvalue weighted by atomic mass is 10.0. The molecule has 0 radical (unpaired) electrons. The Kier molecular flexibility index (Phi) is 5.63. The molecule has 1 saturated heterocycles. The number of hydrogen-bond donors (Lipinski definition) is 2. The van der Waals surface area contributed by atoms with Gasteiger partial charge in [-0.1, -0.05) is 11.8 Å². The van der Waals surface area contributed by atoms with E-state index < -0.39 is 0 Å². The number of likely N-dealkylation sites (tertiary alicyclic amines) is 1. The minimum absolute atomic E-state index is 0.140. The molecule has 1 fully saturated rings. The van der Waals surface area contributed by atoms with Gasteiger partial charge in [0.15, 0.2) is 0 Å². The molecule has 0 amide bonds. The fourth-order valence-electron chi connectivity index (χ4n) is 2.73. The van der Waals surface area contributed by atoms with Gasteiger partial charge in [0, 0.05) is 18.7 Å². The molecule has 21 heavy (non-hydrogen) atoms. The Labute approximate surface area is 126 Å². The molecule has 2 rings (SSSR count). The summed E-state index contributed by atoms with van der Waals surface area (Å²) in [6.07, 6.45) is 0.771. The number of aliphatic hydroxyl groups is 2. The average molecular weight is 289 g/mol. The highest BCUT2D eigenvalue weighted by Gasteiger charge is 2.26. The summed E-state index contributed by atoms with van der Waals surface area (Å²) in [7, 11) is 1.65. The van der Waals surface area contributed by atoms with Gasteiger partial charge in [-0.15, -0.1) is 0 Å². The minimum Gasteiger partial charge on any atom is -0.497 e. The minimum atomic E-state index is -0.256. The van der Waals surface area contributed by atoms with Crippen molar-refractivity contribution in [3.63, 3.8) is 0 Å². The Morgan fingerprint density at radius 2 is 2.29 bits per heavy atom. The van der Waals surface area contributed by atoms with Gasteiger partial charge in [-0.2, -0.15) is 0 Å². The third-order valence-electron chi connectivity index (χ3n) is 4.00. The number of hydrogen-bond acceptors (Lipinski definition) is 4. The van der Waals surface area contributed by atoms with Crippen molar-refractivity contribution in [2.24, 2.45) is 5.92 Å². The van der Waals surface area contributed by atoms with Crippen molar-refractivity contribution in [3.05, 3.63) is 29.3 Å². The highest BCUT2D eigenvalue weighted by molar-refractivity contribution is 5.45. The SMILES string of the molecule is COc1ccc(C#CCO)c(CN2CCC(C(C)O)C2)c1. The van der Waals surface area contributed by atoms with Crippen molar-refractivity contribution in [2.45, 2.75) is 26.0 Å². The molecule has 4 nitrogen and oxygen atoms in total. The van der Waals surface area contributed by atoms with E-state index in [1.54, 1.807) is 7.11 Å². The van der Waals surface area contributed by atoms with Crippen LogP contribution in [0.2, 0.25) is 0 Å². The predicted octanol–water partition coefficient (Wildman–Crippen LogP) is 1.24. The van der Waals surface area contributed by atoms with Crippen LogP contribution in [-0.4, -0.2) is 48.0 Å². The maximum atomic E-state index is 9.69. The van der Waals surface area contributed by atoms with Crippen molar-refractivity contribution >= 4 is 0 Å². The third-order valence-corrected chi connectivity index (χ3v) is 4.00. The van der Waals surface area contributed by atoms with E-state index in [2.05, 4.69) is 16.7 Å². The molecule has 2 N–H and O–H groups in total. The van der Waals surface area contributed by atoms with Crippen molar-refractivity contribution in [1.82, 2.24) is 4.90 Å². The maximum Gasteiger partial charge on any atom is 0.119 e. The summed E-state index contributed by atoms with van der Waals surface area (Å²) in [4.78, 5) is 2.33. The second-order valence-electron chi connectivity index (χ2n) is 5.51. The number of methoxy groups -OCH3 is 1. The second kappa shape index (κ2) is 7.46. The second-order valence-corrected chi connectivity index (χ2v) is 5.51. The first-order chi connectivity index (χ1) is 10.1. The van der Waals surface area contributed by atoms with Crippen LogP contribution < -0.4 is 4.74 Å². The third kappa shape index (κ3) is 4.21. The topological polar surface area (TPSA) is 52.9 Å². The van der Waals surface area contributed by atoms with Gasteiger partial charge >= 0.3 is 0 Å². The standard InChI is InChI=1S/C17H23NO3/c1-13(20)15-7-8-18(11-15)12-16-10-17(21-2)6-5-14(16)4-3-9-19/h5-6,10,13,15,19-20H,7-9,11-12H2,1-2H3. The zero-order chi connectivity index (χ0) is 15.2. The molecule has 2 unspecified atom stereocenters. The van der Waals surface area contributed by atoms with E-state index in [1.807, 2.05) is 25.1 Å². The highest BCUT2D eigenvalue weighted by atomic mass is 16.5. The van der Waals surface area contributed by atoms with E-state index in [0.29, 0.717) is 5.92 Å². The first-order valence-corrected chi connectivity index (χ1v) is 7.31. The maximum absolute atomic E-state index is 9.69. The number of rotatable bonds is 4. The molecule has 1 heterocycles. The first kappa shape index (κ1) is 15.8. The van der Waals surface area contributed by atoms with E-state index in [1.165, 1.54) is 0 Å². The normalized spacial score (nSPS) is 19.9. The van der Waals surface area contributed by atoms with E-state index in [-0.39, 0.29) is 12.7 Å². The van der Waals surface area contributed by atoms with Crippen LogP contribution in [0.3, 0.4) is 0 Å². The van der Waals surface area contributed by atoms with Crippen molar-refractivity contribution in [1.29, 1.82) is 0 Å². The Morgan fingerprint density at radius 3 is 2.90 bits per heavy atom. The van der Waals surface area contributed by atoms with Crippen molar-refractivity contribution < 1.29 is 14.9 Å². The van der Waals surface area contributed by atoms with Crippen LogP contribution in [0.4, 0.5) is 0 Å². The summed E-state index contributed by atoms with van der Waals surface area (Å²) < 4.78 is 5.28. The molecular formula is C17H23NO3. The Bertz CT molecular complexity index is 531. The van der Waals surface area contributed by atoms with E-state index in [4.69, 9.17) is 9.84 Å². The summed E-state index contributed by atoms with van der Waals surface area (Å²) >= 11 is 0. The van der Waals surface area contributed by atoms with Gasteiger partial charge < -0.3 is 14.9 Å². The Balaban J connectivity index is 2.14. The van der Waals surface area contributed by atoms with Crippen LogP contribution in [0.5, 0.6) is 5.75 Å². The van der Waals surface area contributed by atoms with Crippen LogP contribution >= 0.6 is 0 Å². The van der Waals surface area contributed by atoms with Crippen LogP contribution in [0.1, 0.15) is 24.5 Å². The van der Waals surface area contributed by atoms with E-state index in [0.717, 1.165) is 42.9 Å². The lowest BCUT2D eigenvalue weighted by Gasteiger charge is -2.18. The Morgan fingerprint density at radius 1 is 1.48 bits per heavy atom. The monoisotopic (exact) mass is 289 g/mol. The number of nitrogens with zero attached hydrogens (tertiary/aromatic N) is 1. The quantitative estimate of drug-likeness (QED) is 0.819. The van der Waals surface area contributed by atoms with Gasteiger partial charge in [-0.3, -0.25) is 4.90 Å². The predicted molar refractivity (Wildman–Crippen MR) is 82.0 cm³/mol. The van der Waals surface area contributed by atoms with E-state index in [9.17, 15) is 5.11 Å². The van der Waals surface area contributed by atoms with Gasteiger partial charge in [-0.25, -0.2) is 0 Å². The van der Waals surface area contributed by atoms with Crippen LogP contribution in [0.25, 0.3) is 0 Å². The molecular weight excluding hydrogens is 266 g/mol. The number of ether oxygens (including phenoxy) is 1. The molecule has 0 aliphatic carbocycles. The van der Waals surface area contributed by atoms with Crippen molar-refractivity contribution in [2.75, 3.05) is 26.8 Å². The lowest BCUT2D eigenvalue weighted by Crippen LogP contribution is -2.24.